The minimum atomic E-state index is -2.13. The molecular formula is C53H86N12O14. The number of cyclic esters (lactones) is 1. The van der Waals surface area contributed by atoms with Crippen molar-refractivity contribution in [3.63, 3.8) is 0 Å². The first-order chi connectivity index (χ1) is 37.0. The molecule has 1 fully saturated rings. The molecule has 1 aliphatic heterocycles. The van der Waals surface area contributed by atoms with E-state index < -0.39 is 151 Å². The number of allylic oxidation sites excluding steroid dienone is 1. The fourth-order valence-electron chi connectivity index (χ4n) is 8.26. The number of benzene rings is 1. The lowest BCUT2D eigenvalue weighted by atomic mass is 9.95. The molecule has 9 atom stereocenters. The molecule has 1 aromatic carbocycles. The number of carbonyl (C=O) groups is 11. The summed E-state index contributed by atoms with van der Waals surface area (Å²) in [5.74, 6) is -11.8. The van der Waals surface area contributed by atoms with Crippen molar-refractivity contribution in [1.29, 1.82) is 0 Å². The summed E-state index contributed by atoms with van der Waals surface area (Å²) in [5.41, 5.74) is 15.9. The first-order valence-corrected chi connectivity index (χ1v) is 26.7. The molecule has 79 heavy (non-hydrogen) atoms. The average Bonchev–Trinajstić information content (AvgIpc) is 3.35. The van der Waals surface area contributed by atoms with Crippen molar-refractivity contribution in [2.24, 2.45) is 35.0 Å². The van der Waals surface area contributed by atoms with Gasteiger partial charge in [-0.2, -0.15) is 0 Å². The SMILES string of the molecule is C/C=C1\NC(=O)C(CCN)NC(=O)CC(CCCC(C)C)OC(=O)[C@H](Cc2ccccc2)NC(=O)C(CN)NC(=O)[C@H](CC(=O)O)NC(=O)[C@H](C(C)(C)O)NC(=O)C(CC(C)C)NC(=O)[C@H](CN)NC(=O)C(CC(C)C)NC1=O. The van der Waals surface area contributed by atoms with Crippen LogP contribution in [0.2, 0.25) is 0 Å². The van der Waals surface area contributed by atoms with E-state index in [9.17, 15) is 63.0 Å². The Hall–Kier alpha value is -7.03. The molecule has 0 radical (unpaired) electrons. The van der Waals surface area contributed by atoms with Gasteiger partial charge in [-0.05, 0) is 82.7 Å². The molecule has 1 aliphatic rings. The minimum absolute atomic E-state index is 0.0247. The van der Waals surface area contributed by atoms with Gasteiger partial charge in [0.2, 0.25) is 47.3 Å². The molecule has 2 rings (SSSR count). The fraction of sp³-hybridized carbons (Fsp3) is 0.642. The quantitative estimate of drug-likeness (QED) is 0.0585. The van der Waals surface area contributed by atoms with Gasteiger partial charge < -0.3 is 80.0 Å². The molecule has 0 spiro atoms. The number of esters is 1. The zero-order valence-electron chi connectivity index (χ0n) is 46.9. The molecule has 17 N–H and O–H groups in total. The highest BCUT2D eigenvalue weighted by Gasteiger charge is 2.40. The number of nitrogens with one attached hydrogen (secondary N) is 9. The molecule has 26 heteroatoms. The monoisotopic (exact) mass is 1110 g/mol. The van der Waals surface area contributed by atoms with E-state index in [2.05, 4.69) is 47.9 Å². The van der Waals surface area contributed by atoms with Gasteiger partial charge in [-0.15, -0.1) is 0 Å². The van der Waals surface area contributed by atoms with Crippen molar-refractivity contribution in [3.8, 4) is 0 Å². The Bertz CT molecular complexity index is 2290. The van der Waals surface area contributed by atoms with E-state index in [1.165, 1.54) is 13.0 Å². The van der Waals surface area contributed by atoms with Crippen molar-refractivity contribution in [2.75, 3.05) is 19.6 Å². The normalized spacial score (nSPS) is 25.4. The Morgan fingerprint density at radius 2 is 1.13 bits per heavy atom. The zero-order valence-corrected chi connectivity index (χ0v) is 46.9. The van der Waals surface area contributed by atoms with Crippen LogP contribution >= 0.6 is 0 Å². The molecule has 1 saturated heterocycles. The number of ether oxygens (including phenoxy) is 1. The third kappa shape index (κ3) is 24.3. The second-order valence-corrected chi connectivity index (χ2v) is 21.4. The highest BCUT2D eigenvalue weighted by Crippen LogP contribution is 2.17. The van der Waals surface area contributed by atoms with E-state index in [4.69, 9.17) is 21.9 Å². The smallest absolute Gasteiger partial charge is 0.329 e. The lowest BCUT2D eigenvalue weighted by Crippen LogP contribution is -2.65. The maximum Gasteiger partial charge on any atom is 0.329 e. The topological polar surface area (TPSA) is 424 Å². The number of hydrogen-bond acceptors (Lipinski definition) is 16. The molecule has 0 aliphatic carbocycles. The van der Waals surface area contributed by atoms with E-state index in [0.717, 1.165) is 13.8 Å². The first kappa shape index (κ1) is 68.1. The fourth-order valence-corrected chi connectivity index (χ4v) is 8.26. The molecule has 442 valence electrons. The van der Waals surface area contributed by atoms with Crippen molar-refractivity contribution >= 4 is 65.1 Å². The van der Waals surface area contributed by atoms with Crippen LogP contribution in [0, 0.1) is 17.8 Å². The van der Waals surface area contributed by atoms with Gasteiger partial charge in [0.25, 0.3) is 5.91 Å². The third-order valence-electron chi connectivity index (χ3n) is 12.5. The van der Waals surface area contributed by atoms with E-state index in [1.54, 1.807) is 58.0 Å². The van der Waals surface area contributed by atoms with Gasteiger partial charge in [-0.1, -0.05) is 84.4 Å². The number of aliphatic hydroxyl groups is 1. The third-order valence-corrected chi connectivity index (χ3v) is 12.5. The Balaban J connectivity index is 2.81. The summed E-state index contributed by atoms with van der Waals surface area (Å²) >= 11 is 0. The van der Waals surface area contributed by atoms with Crippen LogP contribution in [0.15, 0.2) is 42.1 Å². The summed E-state index contributed by atoms with van der Waals surface area (Å²) in [6, 6.07) is -4.22. The van der Waals surface area contributed by atoms with Crippen LogP contribution in [-0.4, -0.2) is 155 Å². The first-order valence-electron chi connectivity index (χ1n) is 26.7. The van der Waals surface area contributed by atoms with Gasteiger partial charge in [-0.3, -0.25) is 47.9 Å². The Morgan fingerprint density at radius 1 is 0.633 bits per heavy atom. The van der Waals surface area contributed by atoms with Crippen molar-refractivity contribution in [3.05, 3.63) is 47.7 Å². The number of nitrogens with two attached hydrogens (primary N) is 3. The molecule has 0 bridgehead atoms. The number of carboxylic acid groups (broad SMARTS) is 1. The van der Waals surface area contributed by atoms with Crippen LogP contribution in [0.1, 0.15) is 119 Å². The average molecular weight is 1120 g/mol. The standard InChI is InChI=1S/C53H86N12O14/c1-10-33-44(69)59-35(21-29(4)5)46(71)63-39(26-55)49(74)60-36(22-30(6)7)48(73)65-43(53(8,9)78)51(76)61-37(25-42(67)68)47(72)64-40(27-56)50(75)62-38(23-31-16-12-11-13-17-31)52(77)79-32(18-14-15-28(2)3)24-41(66)57-34(19-20-54)45(70)58-33/h10-13,16-17,28-30,32,34-40,43,78H,14-15,18-27,54-56H2,1-9H3,(H,57,66)(H,58,70)(H,59,69)(H,60,74)(H,61,76)(H,62,75)(H,63,71)(H,64,72)(H,65,73)(H,67,68)/b33-10-/t32?,34?,35?,36?,37-,38-,39-,40?,43+/m0/s1. The largest absolute Gasteiger partial charge is 0.481 e. The molecular weight excluding hydrogens is 1030 g/mol. The molecule has 9 amide bonds. The summed E-state index contributed by atoms with van der Waals surface area (Å²) in [5, 5.41) is 43.2. The Labute approximate surface area is 461 Å². The van der Waals surface area contributed by atoms with Crippen LogP contribution in [0.4, 0.5) is 0 Å². The van der Waals surface area contributed by atoms with Gasteiger partial charge in [0.15, 0.2) is 0 Å². The highest BCUT2D eigenvalue weighted by molar-refractivity contribution is 6.02. The van der Waals surface area contributed by atoms with Gasteiger partial charge in [-0.25, -0.2) is 4.79 Å². The molecule has 0 aromatic heterocycles. The minimum Gasteiger partial charge on any atom is -0.481 e. The summed E-state index contributed by atoms with van der Waals surface area (Å²) in [6.45, 7) is 13.4. The summed E-state index contributed by atoms with van der Waals surface area (Å²) in [6.07, 6.45) is -0.412. The Kier molecular flexibility index (Phi) is 28.8. The van der Waals surface area contributed by atoms with Gasteiger partial charge in [0.05, 0.1) is 18.4 Å². The van der Waals surface area contributed by atoms with E-state index in [0.29, 0.717) is 18.4 Å². The van der Waals surface area contributed by atoms with Crippen LogP contribution in [0.5, 0.6) is 0 Å². The van der Waals surface area contributed by atoms with Crippen LogP contribution in [0.3, 0.4) is 0 Å². The molecule has 1 heterocycles. The van der Waals surface area contributed by atoms with Crippen LogP contribution in [0.25, 0.3) is 0 Å². The van der Waals surface area contributed by atoms with E-state index in [1.807, 2.05) is 13.8 Å². The predicted molar refractivity (Wildman–Crippen MR) is 290 cm³/mol. The number of carbonyl (C=O) groups excluding carboxylic acids is 10. The maximum atomic E-state index is 14.3. The number of amides is 9. The zero-order chi connectivity index (χ0) is 59.7. The van der Waals surface area contributed by atoms with Crippen LogP contribution < -0.4 is 65.1 Å². The Morgan fingerprint density at radius 3 is 1.62 bits per heavy atom. The maximum absolute atomic E-state index is 14.3. The lowest BCUT2D eigenvalue weighted by molar-refractivity contribution is -0.155. The second kappa shape index (κ2) is 33.4. The lowest BCUT2D eigenvalue weighted by Gasteiger charge is -2.32. The number of carboxylic acids is 1. The van der Waals surface area contributed by atoms with Gasteiger partial charge in [0.1, 0.15) is 60.1 Å². The highest BCUT2D eigenvalue weighted by atomic mass is 16.5. The van der Waals surface area contributed by atoms with Gasteiger partial charge in [0, 0.05) is 19.5 Å². The molecule has 1 aromatic rings. The second-order valence-electron chi connectivity index (χ2n) is 21.4. The van der Waals surface area contributed by atoms with Gasteiger partial charge >= 0.3 is 11.9 Å². The van der Waals surface area contributed by atoms with Crippen LogP contribution in [-0.2, 0) is 63.9 Å². The molecule has 0 saturated carbocycles. The predicted octanol–water partition coefficient (Wildman–Crippen LogP) is -2.13. The summed E-state index contributed by atoms with van der Waals surface area (Å²) in [4.78, 5) is 152. The van der Waals surface area contributed by atoms with Crippen molar-refractivity contribution in [2.45, 2.75) is 180 Å². The molecule has 26 nitrogen and oxygen atoms in total. The summed E-state index contributed by atoms with van der Waals surface area (Å²) < 4.78 is 5.96. The van der Waals surface area contributed by atoms with Crippen molar-refractivity contribution in [1.82, 2.24) is 47.9 Å². The summed E-state index contributed by atoms with van der Waals surface area (Å²) in [7, 11) is 0. The molecule has 5 unspecified atom stereocenters. The van der Waals surface area contributed by atoms with E-state index in [-0.39, 0.29) is 62.1 Å². The number of hydrogen-bond donors (Lipinski definition) is 14. The number of rotatable bonds is 17. The van der Waals surface area contributed by atoms with Crippen molar-refractivity contribution < 1.29 is 67.7 Å². The number of aliphatic carboxylic acids is 1. The van der Waals surface area contributed by atoms with E-state index >= 15 is 0 Å².